The van der Waals surface area contributed by atoms with Gasteiger partial charge in [-0.05, 0) is 31.4 Å². The third kappa shape index (κ3) is 2.26. The molecule has 0 amide bonds. The molecule has 4 nitrogen and oxygen atoms in total. The number of rotatable bonds is 3. The summed E-state index contributed by atoms with van der Waals surface area (Å²) in [5.74, 6) is 1.08. The predicted octanol–water partition coefficient (Wildman–Crippen LogP) is 2.32. The maximum atomic E-state index is 5.71. The Labute approximate surface area is 101 Å². The van der Waals surface area contributed by atoms with Crippen LogP contribution in [0.2, 0.25) is 0 Å². The van der Waals surface area contributed by atoms with Gasteiger partial charge in [0.15, 0.2) is 0 Å². The molecule has 2 aromatic rings. The monoisotopic (exact) mass is 231 g/mol. The Bertz CT molecular complexity index is 488. The average molecular weight is 231 g/mol. The molecule has 17 heavy (non-hydrogen) atoms. The SMILES string of the molecule is c1cc(NCC2CCCCO2)n2ccnc2c1. The summed E-state index contributed by atoms with van der Waals surface area (Å²) in [7, 11) is 0. The van der Waals surface area contributed by atoms with E-state index in [0.29, 0.717) is 6.10 Å². The van der Waals surface area contributed by atoms with Crippen LogP contribution in [0.15, 0.2) is 30.6 Å². The number of ether oxygens (including phenoxy) is 1. The summed E-state index contributed by atoms with van der Waals surface area (Å²) in [5.41, 5.74) is 0.972. The topological polar surface area (TPSA) is 38.6 Å². The van der Waals surface area contributed by atoms with E-state index in [1.54, 1.807) is 0 Å². The minimum absolute atomic E-state index is 0.350. The van der Waals surface area contributed by atoms with E-state index in [2.05, 4.69) is 20.8 Å². The number of anilines is 1. The van der Waals surface area contributed by atoms with Gasteiger partial charge in [0.05, 0.1) is 6.10 Å². The molecule has 3 rings (SSSR count). The van der Waals surface area contributed by atoms with Gasteiger partial charge < -0.3 is 10.1 Å². The smallest absolute Gasteiger partial charge is 0.138 e. The van der Waals surface area contributed by atoms with Gasteiger partial charge in [0.25, 0.3) is 0 Å². The van der Waals surface area contributed by atoms with Crippen molar-refractivity contribution in [2.75, 3.05) is 18.5 Å². The standard InChI is InChI=1S/C13H17N3O/c1-2-9-17-11(4-1)10-15-13-6-3-5-12-14-7-8-16(12)13/h3,5-8,11,15H,1-2,4,9-10H2. The summed E-state index contributed by atoms with van der Waals surface area (Å²) >= 11 is 0. The maximum Gasteiger partial charge on any atom is 0.138 e. The third-order valence-electron chi connectivity index (χ3n) is 3.21. The lowest BCUT2D eigenvalue weighted by atomic mass is 10.1. The van der Waals surface area contributed by atoms with Crippen LogP contribution in [0.25, 0.3) is 5.65 Å². The highest BCUT2D eigenvalue weighted by Crippen LogP contribution is 2.15. The Morgan fingerprint density at radius 1 is 1.41 bits per heavy atom. The fourth-order valence-corrected chi connectivity index (χ4v) is 2.28. The Hall–Kier alpha value is -1.55. The fourth-order valence-electron chi connectivity index (χ4n) is 2.28. The first-order valence-electron chi connectivity index (χ1n) is 6.21. The van der Waals surface area contributed by atoms with Crippen molar-refractivity contribution >= 4 is 11.5 Å². The van der Waals surface area contributed by atoms with Crippen LogP contribution < -0.4 is 5.32 Å². The summed E-state index contributed by atoms with van der Waals surface area (Å²) in [4.78, 5) is 4.27. The van der Waals surface area contributed by atoms with Crippen LogP contribution >= 0.6 is 0 Å². The number of aromatic nitrogens is 2. The second-order valence-corrected chi connectivity index (χ2v) is 4.44. The summed E-state index contributed by atoms with van der Waals surface area (Å²) in [6.07, 6.45) is 7.78. The maximum absolute atomic E-state index is 5.71. The Balaban J connectivity index is 1.69. The molecule has 0 radical (unpaired) electrons. The van der Waals surface area contributed by atoms with Crippen LogP contribution in [0.4, 0.5) is 5.82 Å². The van der Waals surface area contributed by atoms with Crippen LogP contribution in [0.1, 0.15) is 19.3 Å². The highest BCUT2D eigenvalue weighted by Gasteiger charge is 2.13. The number of hydrogen-bond donors (Lipinski definition) is 1. The van der Waals surface area contributed by atoms with Crippen LogP contribution in [-0.4, -0.2) is 28.6 Å². The van der Waals surface area contributed by atoms with Crippen LogP contribution in [0.3, 0.4) is 0 Å². The fraction of sp³-hybridized carbons (Fsp3) is 0.462. The number of imidazole rings is 1. The third-order valence-corrected chi connectivity index (χ3v) is 3.21. The van der Waals surface area contributed by atoms with Crippen molar-refractivity contribution in [3.05, 3.63) is 30.6 Å². The van der Waals surface area contributed by atoms with E-state index < -0.39 is 0 Å². The summed E-state index contributed by atoms with van der Waals surface area (Å²) in [6.45, 7) is 1.78. The van der Waals surface area contributed by atoms with Crippen molar-refractivity contribution < 1.29 is 4.74 Å². The number of pyridine rings is 1. The van der Waals surface area contributed by atoms with Crippen molar-refractivity contribution in [1.82, 2.24) is 9.38 Å². The predicted molar refractivity (Wildman–Crippen MR) is 67.3 cm³/mol. The first kappa shape index (κ1) is 10.6. The van der Waals surface area contributed by atoms with Gasteiger partial charge in [-0.15, -0.1) is 0 Å². The Morgan fingerprint density at radius 3 is 3.29 bits per heavy atom. The van der Waals surface area contributed by atoms with E-state index in [4.69, 9.17) is 4.74 Å². The first-order valence-corrected chi connectivity index (χ1v) is 6.21. The van der Waals surface area contributed by atoms with Gasteiger partial charge in [-0.25, -0.2) is 4.98 Å². The van der Waals surface area contributed by atoms with Gasteiger partial charge in [0, 0.05) is 25.5 Å². The zero-order valence-electron chi connectivity index (χ0n) is 9.80. The number of nitrogens with one attached hydrogen (secondary N) is 1. The lowest BCUT2D eigenvalue weighted by molar-refractivity contribution is 0.0247. The summed E-state index contributed by atoms with van der Waals surface area (Å²) < 4.78 is 7.76. The van der Waals surface area contributed by atoms with Crippen molar-refractivity contribution in [3.63, 3.8) is 0 Å². The van der Waals surface area contributed by atoms with E-state index >= 15 is 0 Å². The molecule has 0 aliphatic carbocycles. The molecule has 3 heterocycles. The van der Waals surface area contributed by atoms with Crippen molar-refractivity contribution in [1.29, 1.82) is 0 Å². The molecule has 1 aliphatic rings. The van der Waals surface area contributed by atoms with Crippen LogP contribution in [-0.2, 0) is 4.74 Å². The molecule has 0 spiro atoms. The van der Waals surface area contributed by atoms with Gasteiger partial charge >= 0.3 is 0 Å². The van der Waals surface area contributed by atoms with E-state index in [-0.39, 0.29) is 0 Å². The van der Waals surface area contributed by atoms with Gasteiger partial charge in [0.1, 0.15) is 11.5 Å². The van der Waals surface area contributed by atoms with Crippen LogP contribution in [0.5, 0.6) is 0 Å². The number of fused-ring (bicyclic) bond motifs is 1. The van der Waals surface area contributed by atoms with Gasteiger partial charge in [-0.1, -0.05) is 6.07 Å². The van der Waals surface area contributed by atoms with E-state index in [1.807, 2.05) is 24.5 Å². The summed E-state index contributed by atoms with van der Waals surface area (Å²) in [5, 5.41) is 3.44. The zero-order valence-corrected chi connectivity index (χ0v) is 9.80. The molecule has 1 atom stereocenters. The first-order chi connectivity index (χ1) is 8.43. The second kappa shape index (κ2) is 4.75. The normalized spacial score (nSPS) is 20.6. The van der Waals surface area contributed by atoms with Crippen molar-refractivity contribution in [2.24, 2.45) is 0 Å². The van der Waals surface area contributed by atoms with Crippen LogP contribution in [0, 0.1) is 0 Å². The zero-order chi connectivity index (χ0) is 11.5. The highest BCUT2D eigenvalue weighted by atomic mass is 16.5. The second-order valence-electron chi connectivity index (χ2n) is 4.44. The number of nitrogens with zero attached hydrogens (tertiary/aromatic N) is 2. The lowest BCUT2D eigenvalue weighted by Crippen LogP contribution is -2.27. The molecule has 0 saturated carbocycles. The number of hydrogen-bond acceptors (Lipinski definition) is 3. The minimum atomic E-state index is 0.350. The van der Waals surface area contributed by atoms with E-state index in [1.165, 1.54) is 12.8 Å². The minimum Gasteiger partial charge on any atom is -0.376 e. The molecule has 0 bridgehead atoms. The lowest BCUT2D eigenvalue weighted by Gasteiger charge is -2.23. The highest BCUT2D eigenvalue weighted by molar-refractivity contribution is 5.49. The Kier molecular flexibility index (Phi) is 2.96. The molecule has 1 unspecified atom stereocenters. The molecule has 4 heteroatoms. The van der Waals surface area contributed by atoms with E-state index in [9.17, 15) is 0 Å². The Morgan fingerprint density at radius 2 is 2.41 bits per heavy atom. The van der Waals surface area contributed by atoms with Crippen molar-refractivity contribution in [2.45, 2.75) is 25.4 Å². The molecule has 90 valence electrons. The molecular formula is C13H17N3O. The van der Waals surface area contributed by atoms with Gasteiger partial charge in [-0.3, -0.25) is 4.40 Å². The molecule has 1 aliphatic heterocycles. The summed E-state index contributed by atoms with van der Waals surface area (Å²) in [6, 6.07) is 6.09. The molecule has 1 fully saturated rings. The van der Waals surface area contributed by atoms with Crippen molar-refractivity contribution in [3.8, 4) is 0 Å². The van der Waals surface area contributed by atoms with Gasteiger partial charge in [0.2, 0.25) is 0 Å². The van der Waals surface area contributed by atoms with E-state index in [0.717, 1.165) is 31.0 Å². The quantitative estimate of drug-likeness (QED) is 0.881. The molecule has 1 N–H and O–H groups in total. The van der Waals surface area contributed by atoms with Gasteiger partial charge in [-0.2, -0.15) is 0 Å². The molecule has 2 aromatic heterocycles. The largest absolute Gasteiger partial charge is 0.376 e. The molecule has 1 saturated heterocycles. The average Bonchev–Trinajstić information content (AvgIpc) is 2.86. The molecule has 0 aromatic carbocycles. The molecular weight excluding hydrogens is 214 g/mol.